The number of nitrogens with zero attached hydrogens (tertiary/aromatic N) is 2. The summed E-state index contributed by atoms with van der Waals surface area (Å²) < 4.78 is 15.1. The van der Waals surface area contributed by atoms with Crippen molar-refractivity contribution in [1.82, 2.24) is 4.57 Å². The maximum atomic E-state index is 6.46. The topological polar surface area (TPSA) is 34.5 Å². The Morgan fingerprint density at radius 2 is 0.776 bits per heavy atom. The lowest BCUT2D eigenvalue weighted by atomic mass is 9.80. The highest BCUT2D eigenvalue weighted by Gasteiger charge is 2.40. The van der Waals surface area contributed by atoms with Crippen molar-refractivity contribution in [2.24, 2.45) is 0 Å². The predicted octanol–water partition coefficient (Wildman–Crippen LogP) is 20.0. The van der Waals surface area contributed by atoms with Gasteiger partial charge in [0.25, 0.3) is 0 Å². The molecule has 0 radical (unpaired) electrons. The highest BCUT2D eigenvalue weighted by atomic mass is 16.3. The fraction of sp³-hybridized carbons (Fsp3) is 0.0833. The second-order valence-corrected chi connectivity index (χ2v) is 22.0. The second kappa shape index (κ2) is 15.6. The molecular formula is C72H50N2O2. The molecule has 16 rings (SSSR count). The maximum absolute atomic E-state index is 6.46. The van der Waals surface area contributed by atoms with Gasteiger partial charge in [0.1, 0.15) is 22.3 Å². The van der Waals surface area contributed by atoms with Crippen molar-refractivity contribution in [3.05, 3.63) is 253 Å². The van der Waals surface area contributed by atoms with Gasteiger partial charge in [-0.05, 0) is 164 Å². The zero-order valence-electron chi connectivity index (χ0n) is 42.7. The monoisotopic (exact) mass is 974 g/mol. The van der Waals surface area contributed by atoms with E-state index in [4.69, 9.17) is 8.83 Å². The Hall–Kier alpha value is -9.38. The average molecular weight is 975 g/mol. The van der Waals surface area contributed by atoms with Crippen molar-refractivity contribution < 1.29 is 8.83 Å². The summed E-state index contributed by atoms with van der Waals surface area (Å²) in [6.07, 6.45) is 0. The quantitative estimate of drug-likeness (QED) is 0.167. The van der Waals surface area contributed by atoms with Crippen LogP contribution < -0.4 is 4.90 Å². The summed E-state index contributed by atoms with van der Waals surface area (Å²) in [6.45, 7) is 9.54. The van der Waals surface area contributed by atoms with Crippen LogP contribution in [0.25, 0.3) is 116 Å². The number of rotatable bonds is 6. The molecule has 14 aromatic rings. The van der Waals surface area contributed by atoms with Gasteiger partial charge in [0, 0.05) is 65.9 Å². The number of fused-ring (bicyclic) bond motifs is 16. The van der Waals surface area contributed by atoms with Crippen LogP contribution in [0.1, 0.15) is 49.9 Å². The first kappa shape index (κ1) is 43.1. The van der Waals surface area contributed by atoms with Crippen LogP contribution in [-0.4, -0.2) is 4.57 Å². The van der Waals surface area contributed by atoms with Gasteiger partial charge in [0.05, 0.1) is 11.0 Å². The van der Waals surface area contributed by atoms with E-state index >= 15 is 0 Å². The third kappa shape index (κ3) is 6.07. The van der Waals surface area contributed by atoms with Gasteiger partial charge < -0.3 is 18.3 Å². The van der Waals surface area contributed by atoms with E-state index in [0.717, 1.165) is 55.9 Å². The number of aromatic nitrogens is 1. The van der Waals surface area contributed by atoms with Crippen molar-refractivity contribution in [2.45, 2.75) is 38.5 Å². The summed E-state index contributed by atoms with van der Waals surface area (Å²) in [7, 11) is 0. The first-order valence-electron chi connectivity index (χ1n) is 26.5. The Labute approximate surface area is 440 Å². The largest absolute Gasteiger partial charge is 0.456 e. The highest BCUT2D eigenvalue weighted by Crippen LogP contribution is 2.56. The molecule has 0 spiro atoms. The Balaban J connectivity index is 0.801. The van der Waals surface area contributed by atoms with E-state index in [1.807, 2.05) is 12.1 Å². The molecular weight excluding hydrogens is 925 g/mol. The van der Waals surface area contributed by atoms with Crippen molar-refractivity contribution in [3.8, 4) is 50.2 Å². The van der Waals surface area contributed by atoms with Gasteiger partial charge in [0.2, 0.25) is 0 Å². The molecule has 3 aromatic heterocycles. The van der Waals surface area contributed by atoms with Gasteiger partial charge in [-0.1, -0.05) is 161 Å². The minimum absolute atomic E-state index is 0.260. The van der Waals surface area contributed by atoms with E-state index in [9.17, 15) is 0 Å². The van der Waals surface area contributed by atoms with Crippen LogP contribution in [0.5, 0.6) is 0 Å². The van der Waals surface area contributed by atoms with E-state index in [1.54, 1.807) is 0 Å². The molecule has 3 heterocycles. The van der Waals surface area contributed by atoms with Crippen LogP contribution in [0.15, 0.2) is 239 Å². The summed E-state index contributed by atoms with van der Waals surface area (Å²) >= 11 is 0. The molecule has 0 fully saturated rings. The van der Waals surface area contributed by atoms with Crippen LogP contribution >= 0.6 is 0 Å². The fourth-order valence-electron chi connectivity index (χ4n) is 13.5. The minimum Gasteiger partial charge on any atom is -0.456 e. The van der Waals surface area contributed by atoms with Crippen molar-refractivity contribution in [3.63, 3.8) is 0 Å². The molecule has 11 aromatic carbocycles. The molecule has 0 saturated carbocycles. The minimum atomic E-state index is -0.289. The van der Waals surface area contributed by atoms with Crippen LogP contribution in [0.2, 0.25) is 0 Å². The number of hydrogen-bond donors (Lipinski definition) is 0. The van der Waals surface area contributed by atoms with E-state index in [1.165, 1.54) is 99.3 Å². The fourth-order valence-corrected chi connectivity index (χ4v) is 13.5. The summed E-state index contributed by atoms with van der Waals surface area (Å²) in [6, 6.07) is 84.7. The number of hydrogen-bond acceptors (Lipinski definition) is 3. The number of furan rings is 2. The lowest BCUT2D eigenvalue weighted by molar-refractivity contribution is 0.657. The Morgan fingerprint density at radius 3 is 1.46 bits per heavy atom. The number of anilines is 3. The normalized spacial score (nSPS) is 14.0. The van der Waals surface area contributed by atoms with E-state index in [2.05, 4.69) is 256 Å². The molecule has 4 heteroatoms. The van der Waals surface area contributed by atoms with Crippen LogP contribution in [0.3, 0.4) is 0 Å². The first-order chi connectivity index (χ1) is 37.2. The van der Waals surface area contributed by atoms with Gasteiger partial charge in [-0.3, -0.25) is 0 Å². The highest BCUT2D eigenvalue weighted by molar-refractivity contribution is 6.12. The van der Waals surface area contributed by atoms with E-state index in [-0.39, 0.29) is 10.8 Å². The maximum Gasteiger partial charge on any atom is 0.135 e. The summed E-state index contributed by atoms with van der Waals surface area (Å²) in [5, 5.41) is 7.20. The third-order valence-electron chi connectivity index (χ3n) is 17.2. The van der Waals surface area contributed by atoms with Gasteiger partial charge >= 0.3 is 0 Å². The SMILES string of the molecule is CC1(C)c2cc(-c3ccc4oc5ccccc5c4c3)ccc2-c2ccc(N(c3ccc(-c4ccc(-n5c6ccccc6c6ccccc65)cc4)cc3)c3ccc4c(c3)C(C)(C)c3c-4ccc4oc5ccccc5c34)cc21. The van der Waals surface area contributed by atoms with Crippen LogP contribution in [-0.2, 0) is 10.8 Å². The Kier molecular flexibility index (Phi) is 8.83. The smallest absolute Gasteiger partial charge is 0.135 e. The van der Waals surface area contributed by atoms with E-state index in [0.29, 0.717) is 0 Å². The number of para-hydroxylation sites is 4. The average Bonchev–Trinajstić information content (AvgIpc) is 4.27. The van der Waals surface area contributed by atoms with Crippen molar-refractivity contribution in [2.75, 3.05) is 4.90 Å². The predicted molar refractivity (Wildman–Crippen MR) is 316 cm³/mol. The molecule has 4 nitrogen and oxygen atoms in total. The van der Waals surface area contributed by atoms with Gasteiger partial charge in [-0.25, -0.2) is 0 Å². The van der Waals surface area contributed by atoms with E-state index < -0.39 is 0 Å². The molecule has 0 N–H and O–H groups in total. The molecule has 76 heavy (non-hydrogen) atoms. The molecule has 0 amide bonds. The van der Waals surface area contributed by atoms with Crippen molar-refractivity contribution in [1.29, 1.82) is 0 Å². The van der Waals surface area contributed by atoms with Gasteiger partial charge in [-0.2, -0.15) is 0 Å². The second-order valence-electron chi connectivity index (χ2n) is 22.0. The van der Waals surface area contributed by atoms with Crippen LogP contribution in [0, 0.1) is 0 Å². The molecule has 0 saturated heterocycles. The van der Waals surface area contributed by atoms with Crippen LogP contribution in [0.4, 0.5) is 17.1 Å². The lowest BCUT2D eigenvalue weighted by Crippen LogP contribution is -2.18. The third-order valence-corrected chi connectivity index (χ3v) is 17.2. The summed E-state index contributed by atoms with van der Waals surface area (Å²) in [5.41, 5.74) is 25.2. The molecule has 360 valence electrons. The van der Waals surface area contributed by atoms with Gasteiger partial charge in [-0.15, -0.1) is 0 Å². The molecule has 0 unspecified atom stereocenters. The summed E-state index contributed by atoms with van der Waals surface area (Å²) in [5.74, 6) is 0. The Morgan fingerprint density at radius 1 is 0.329 bits per heavy atom. The zero-order chi connectivity index (χ0) is 50.6. The standard InChI is InChI=1S/C72H50N2O2/c1-71(2)60-40-46(45-26-37-67-59(39-45)56-15-7-11-19-65(56)75-67)25-33-51(60)52-34-31-49(41-61(52)71)73(50-32-35-53-57-36-38-68-69(58-16-8-12-20-66(58)76-68)70(57)72(3,4)62(53)42-50)47-27-21-43(22-28-47)44-23-29-48(30-24-44)74-63-17-9-5-13-54(63)55-14-6-10-18-64(55)74/h5-42H,1-4H3. The molecule has 2 aliphatic carbocycles. The lowest BCUT2D eigenvalue weighted by Gasteiger charge is -2.30. The molecule has 2 aliphatic rings. The number of benzene rings is 11. The molecule has 0 atom stereocenters. The van der Waals surface area contributed by atoms with Crippen molar-refractivity contribution >= 4 is 82.7 Å². The summed E-state index contributed by atoms with van der Waals surface area (Å²) in [4.78, 5) is 2.46. The van der Waals surface area contributed by atoms with Gasteiger partial charge in [0.15, 0.2) is 0 Å². The first-order valence-corrected chi connectivity index (χ1v) is 26.5. The Bertz CT molecular complexity index is 4700. The molecule has 0 aliphatic heterocycles. The molecule has 0 bridgehead atoms. The zero-order valence-corrected chi connectivity index (χ0v) is 42.7.